The Morgan fingerprint density at radius 1 is 1.10 bits per heavy atom. The molecule has 0 saturated heterocycles. The highest BCUT2D eigenvalue weighted by molar-refractivity contribution is 5.52. The first-order valence-corrected chi connectivity index (χ1v) is 12.4. The SMILES string of the molecule is C/C=C\[C@]1(O)CC[C@H]2[C@@H]3CCC4=CCCCC4=C3[C@@H](c3ccc(N(C)C)cc3)C[C@@]21C. The van der Waals surface area contributed by atoms with Crippen molar-refractivity contribution in [3.8, 4) is 0 Å². The van der Waals surface area contributed by atoms with Crippen LogP contribution in [0, 0.1) is 17.3 Å². The standard InChI is InChI=1S/C29H39NO/c1-5-17-29(31)18-16-26-24-15-12-20-8-6-7-9-23(20)27(24)25(19-28(26,29)2)21-10-13-22(14-11-21)30(3)4/h5,8,10-11,13-14,17,24-26,31H,6-7,9,12,15-16,18-19H2,1-4H3/b17-5-/t24-,25+,26-,28-,29-/m0/s1. The molecule has 5 atom stereocenters. The van der Waals surface area contributed by atoms with Gasteiger partial charge in [0.15, 0.2) is 0 Å². The van der Waals surface area contributed by atoms with Crippen LogP contribution in [0.4, 0.5) is 5.69 Å². The minimum Gasteiger partial charge on any atom is -0.385 e. The fourth-order valence-corrected chi connectivity index (χ4v) is 7.66. The largest absolute Gasteiger partial charge is 0.385 e. The van der Waals surface area contributed by atoms with Crippen LogP contribution in [0.3, 0.4) is 0 Å². The van der Waals surface area contributed by atoms with Crippen LogP contribution in [0.25, 0.3) is 0 Å². The summed E-state index contributed by atoms with van der Waals surface area (Å²) in [4.78, 5) is 2.18. The highest BCUT2D eigenvalue weighted by Gasteiger charge is 2.61. The van der Waals surface area contributed by atoms with E-state index in [0.29, 0.717) is 17.8 Å². The quantitative estimate of drug-likeness (QED) is 0.548. The molecule has 0 bridgehead atoms. The molecule has 0 aliphatic heterocycles. The van der Waals surface area contributed by atoms with Crippen LogP contribution in [0.2, 0.25) is 0 Å². The van der Waals surface area contributed by atoms with Crippen molar-refractivity contribution in [1.29, 1.82) is 0 Å². The first-order valence-electron chi connectivity index (χ1n) is 12.4. The maximum Gasteiger partial charge on any atom is 0.0884 e. The van der Waals surface area contributed by atoms with Crippen LogP contribution < -0.4 is 4.90 Å². The first-order chi connectivity index (χ1) is 14.9. The second kappa shape index (κ2) is 7.66. The van der Waals surface area contributed by atoms with Crippen molar-refractivity contribution >= 4 is 5.69 Å². The molecule has 2 heteroatoms. The number of hydrogen-bond acceptors (Lipinski definition) is 2. The van der Waals surface area contributed by atoms with Crippen molar-refractivity contribution in [2.75, 3.05) is 19.0 Å². The van der Waals surface area contributed by atoms with Crippen LogP contribution in [-0.4, -0.2) is 24.8 Å². The van der Waals surface area contributed by atoms with E-state index >= 15 is 0 Å². The minimum atomic E-state index is -0.673. The zero-order valence-electron chi connectivity index (χ0n) is 19.8. The number of benzene rings is 1. The molecule has 2 fully saturated rings. The van der Waals surface area contributed by atoms with E-state index in [9.17, 15) is 5.11 Å². The van der Waals surface area contributed by atoms with E-state index in [0.717, 1.165) is 19.3 Å². The van der Waals surface area contributed by atoms with Gasteiger partial charge in [-0.3, -0.25) is 0 Å². The monoisotopic (exact) mass is 417 g/mol. The van der Waals surface area contributed by atoms with Gasteiger partial charge in [-0.1, -0.05) is 42.9 Å². The third-order valence-electron chi connectivity index (χ3n) is 9.27. The van der Waals surface area contributed by atoms with Gasteiger partial charge in [0.25, 0.3) is 0 Å². The van der Waals surface area contributed by atoms with Gasteiger partial charge in [0.2, 0.25) is 0 Å². The smallest absolute Gasteiger partial charge is 0.0884 e. The Bertz CT molecular complexity index is 936. The van der Waals surface area contributed by atoms with Gasteiger partial charge >= 0.3 is 0 Å². The third kappa shape index (κ3) is 3.17. The van der Waals surface area contributed by atoms with E-state index in [1.165, 1.54) is 43.4 Å². The topological polar surface area (TPSA) is 23.5 Å². The second-order valence-electron chi connectivity index (χ2n) is 10.9. The average molecular weight is 418 g/mol. The van der Waals surface area contributed by atoms with Crippen molar-refractivity contribution in [3.63, 3.8) is 0 Å². The number of aliphatic hydroxyl groups is 1. The Kier molecular flexibility index (Phi) is 5.20. The maximum absolute atomic E-state index is 11.8. The highest BCUT2D eigenvalue weighted by Crippen LogP contribution is 2.67. The zero-order chi connectivity index (χ0) is 21.8. The molecule has 166 valence electrons. The summed E-state index contributed by atoms with van der Waals surface area (Å²) in [7, 11) is 4.22. The first kappa shape index (κ1) is 21.1. The van der Waals surface area contributed by atoms with Crippen LogP contribution in [0.5, 0.6) is 0 Å². The van der Waals surface area contributed by atoms with Crippen LogP contribution in [0.15, 0.2) is 59.2 Å². The zero-order valence-corrected chi connectivity index (χ0v) is 19.8. The molecule has 4 aliphatic carbocycles. The van der Waals surface area contributed by atoms with Crippen LogP contribution >= 0.6 is 0 Å². The molecule has 0 aromatic heterocycles. The number of anilines is 1. The number of allylic oxidation sites excluding steroid dienone is 5. The van der Waals surface area contributed by atoms with E-state index in [4.69, 9.17) is 0 Å². The lowest BCUT2D eigenvalue weighted by molar-refractivity contribution is -0.0583. The van der Waals surface area contributed by atoms with E-state index in [2.05, 4.69) is 75.3 Å². The number of rotatable bonds is 3. The Labute approximate surface area is 188 Å². The molecule has 5 rings (SSSR count). The molecule has 1 aromatic carbocycles. The predicted molar refractivity (Wildman–Crippen MR) is 130 cm³/mol. The molecule has 2 saturated carbocycles. The van der Waals surface area contributed by atoms with Crippen molar-refractivity contribution in [3.05, 3.63) is 64.8 Å². The molecule has 0 spiro atoms. The van der Waals surface area contributed by atoms with Crippen LogP contribution in [-0.2, 0) is 0 Å². The Balaban J connectivity index is 1.65. The fraction of sp³-hybridized carbons (Fsp3) is 0.586. The number of hydrogen-bond donors (Lipinski definition) is 1. The van der Waals surface area contributed by atoms with E-state index in [-0.39, 0.29) is 5.41 Å². The number of nitrogens with zero attached hydrogens (tertiary/aromatic N) is 1. The van der Waals surface area contributed by atoms with Gasteiger partial charge in [-0.2, -0.15) is 0 Å². The summed E-state index contributed by atoms with van der Waals surface area (Å²) in [5, 5.41) is 11.8. The lowest BCUT2D eigenvalue weighted by atomic mass is 9.51. The number of fused-ring (bicyclic) bond motifs is 4. The molecule has 0 heterocycles. The van der Waals surface area contributed by atoms with Crippen molar-refractivity contribution in [2.45, 2.75) is 76.7 Å². The summed E-state index contributed by atoms with van der Waals surface area (Å²) in [5.74, 6) is 1.65. The summed E-state index contributed by atoms with van der Waals surface area (Å²) < 4.78 is 0. The van der Waals surface area contributed by atoms with Gasteiger partial charge in [0, 0.05) is 31.1 Å². The molecule has 1 aromatic rings. The lowest BCUT2D eigenvalue weighted by Crippen LogP contribution is -2.50. The average Bonchev–Trinajstić information content (AvgIpc) is 3.03. The maximum atomic E-state index is 11.8. The molecule has 0 radical (unpaired) electrons. The van der Waals surface area contributed by atoms with E-state index < -0.39 is 5.60 Å². The van der Waals surface area contributed by atoms with E-state index in [1.807, 2.05) is 0 Å². The molecular weight excluding hydrogens is 378 g/mol. The molecular formula is C29H39NO. The summed E-state index contributed by atoms with van der Waals surface area (Å²) in [6, 6.07) is 9.27. The fourth-order valence-electron chi connectivity index (χ4n) is 7.66. The van der Waals surface area contributed by atoms with Crippen molar-refractivity contribution in [1.82, 2.24) is 0 Å². The van der Waals surface area contributed by atoms with Gasteiger partial charge < -0.3 is 10.0 Å². The highest BCUT2D eigenvalue weighted by atomic mass is 16.3. The third-order valence-corrected chi connectivity index (χ3v) is 9.27. The second-order valence-corrected chi connectivity index (χ2v) is 10.9. The van der Waals surface area contributed by atoms with E-state index in [1.54, 1.807) is 16.7 Å². The Morgan fingerprint density at radius 3 is 2.58 bits per heavy atom. The van der Waals surface area contributed by atoms with Gasteiger partial charge in [-0.05, 0) is 99.0 Å². The van der Waals surface area contributed by atoms with Crippen molar-refractivity contribution < 1.29 is 5.11 Å². The molecule has 31 heavy (non-hydrogen) atoms. The molecule has 0 amide bonds. The Morgan fingerprint density at radius 2 is 1.87 bits per heavy atom. The van der Waals surface area contributed by atoms with Crippen LogP contribution in [0.1, 0.15) is 76.7 Å². The molecule has 1 N–H and O–H groups in total. The van der Waals surface area contributed by atoms with Gasteiger partial charge in [-0.15, -0.1) is 0 Å². The Hall–Kier alpha value is -1.80. The predicted octanol–water partition coefficient (Wildman–Crippen LogP) is 6.78. The lowest BCUT2D eigenvalue weighted by Gasteiger charge is -2.54. The molecule has 2 nitrogen and oxygen atoms in total. The summed E-state index contributed by atoms with van der Waals surface area (Å²) in [6.07, 6.45) is 16.2. The van der Waals surface area contributed by atoms with Gasteiger partial charge in [0.05, 0.1) is 5.60 Å². The minimum absolute atomic E-state index is 0.0605. The van der Waals surface area contributed by atoms with Crippen molar-refractivity contribution in [2.24, 2.45) is 17.3 Å². The molecule has 0 unspecified atom stereocenters. The van der Waals surface area contributed by atoms with Gasteiger partial charge in [0.1, 0.15) is 0 Å². The summed E-state index contributed by atoms with van der Waals surface area (Å²) >= 11 is 0. The summed E-state index contributed by atoms with van der Waals surface area (Å²) in [5.41, 5.74) is 7.07. The van der Waals surface area contributed by atoms with Gasteiger partial charge in [-0.25, -0.2) is 0 Å². The normalized spacial score (nSPS) is 37.3. The summed E-state index contributed by atoms with van der Waals surface area (Å²) in [6.45, 7) is 4.46. The molecule has 4 aliphatic rings.